The molecule has 2 heterocycles. The topological polar surface area (TPSA) is 53.1 Å². The number of hydrogen-bond acceptors (Lipinski definition) is 4. The molecule has 6 heteroatoms. The molecule has 2 aromatic carbocycles. The Balaban J connectivity index is 1.44. The quantitative estimate of drug-likeness (QED) is 0.581. The normalized spacial score (nSPS) is 18.1. The van der Waals surface area contributed by atoms with Gasteiger partial charge < -0.3 is 14.5 Å². The Labute approximate surface area is 196 Å². The molecule has 2 aliphatic rings. The first-order chi connectivity index (χ1) is 16.1. The number of amides is 2. The zero-order valence-electron chi connectivity index (χ0n) is 19.4. The molecule has 4 rings (SSSR count). The van der Waals surface area contributed by atoms with Crippen molar-refractivity contribution in [1.29, 1.82) is 0 Å². The zero-order valence-corrected chi connectivity index (χ0v) is 19.4. The largest absolute Gasteiger partial charge is 0.379 e. The van der Waals surface area contributed by atoms with Crippen molar-refractivity contribution < 1.29 is 14.3 Å². The molecule has 0 aromatic heterocycles. The highest BCUT2D eigenvalue weighted by molar-refractivity contribution is 5.95. The number of carbonyl (C=O) groups is 2. The summed E-state index contributed by atoms with van der Waals surface area (Å²) >= 11 is 0. The van der Waals surface area contributed by atoms with Gasteiger partial charge in [-0.1, -0.05) is 42.5 Å². The average molecular weight is 448 g/mol. The minimum atomic E-state index is -0.00147. The van der Waals surface area contributed by atoms with Gasteiger partial charge >= 0.3 is 0 Å². The van der Waals surface area contributed by atoms with E-state index < -0.39 is 0 Å². The van der Waals surface area contributed by atoms with Crippen molar-refractivity contribution in [3.63, 3.8) is 0 Å². The molecule has 1 unspecified atom stereocenters. The van der Waals surface area contributed by atoms with Gasteiger partial charge in [0, 0.05) is 56.9 Å². The first-order valence-electron chi connectivity index (χ1n) is 11.8. The van der Waals surface area contributed by atoms with Crippen molar-refractivity contribution in [2.75, 3.05) is 44.3 Å². The number of rotatable bonds is 8. The fraction of sp³-hybridized carbons (Fsp3) is 0.407. The van der Waals surface area contributed by atoms with E-state index in [1.807, 2.05) is 58.3 Å². The van der Waals surface area contributed by atoms with Crippen molar-refractivity contribution in [2.24, 2.45) is 0 Å². The number of benzene rings is 2. The molecule has 0 aliphatic carbocycles. The van der Waals surface area contributed by atoms with Gasteiger partial charge in [0.15, 0.2) is 0 Å². The molecule has 1 atom stereocenters. The van der Waals surface area contributed by atoms with Crippen molar-refractivity contribution in [3.8, 4) is 0 Å². The maximum Gasteiger partial charge on any atom is 0.247 e. The highest BCUT2D eigenvalue weighted by Gasteiger charge is 2.23. The SMILES string of the molecule is CC(CN1CCOCC1)N(Cc1ccccc1)C(=O)/C=C/c1ccc(N2CCCC2=O)cc1. The lowest BCUT2D eigenvalue weighted by Crippen LogP contribution is -2.47. The van der Waals surface area contributed by atoms with Crippen LogP contribution in [-0.4, -0.2) is 67.0 Å². The Morgan fingerprint density at radius 1 is 1.06 bits per heavy atom. The maximum absolute atomic E-state index is 13.3. The van der Waals surface area contributed by atoms with E-state index in [1.165, 1.54) is 0 Å². The van der Waals surface area contributed by atoms with Crippen LogP contribution < -0.4 is 4.90 Å². The first-order valence-corrected chi connectivity index (χ1v) is 11.8. The second-order valence-electron chi connectivity index (χ2n) is 8.79. The van der Waals surface area contributed by atoms with Crippen molar-refractivity contribution in [2.45, 2.75) is 32.4 Å². The highest BCUT2D eigenvalue weighted by atomic mass is 16.5. The summed E-state index contributed by atoms with van der Waals surface area (Å²) in [6.07, 6.45) is 5.05. The molecule has 0 radical (unpaired) electrons. The Hall–Kier alpha value is -2.96. The Morgan fingerprint density at radius 3 is 2.45 bits per heavy atom. The number of carbonyl (C=O) groups excluding carboxylic acids is 2. The Kier molecular flexibility index (Phi) is 7.92. The van der Waals surface area contributed by atoms with E-state index in [1.54, 1.807) is 6.08 Å². The van der Waals surface area contributed by atoms with Gasteiger partial charge in [-0.25, -0.2) is 0 Å². The van der Waals surface area contributed by atoms with Crippen LogP contribution in [-0.2, 0) is 20.9 Å². The first kappa shape index (κ1) is 23.2. The zero-order chi connectivity index (χ0) is 23.0. The van der Waals surface area contributed by atoms with E-state index in [0.29, 0.717) is 13.0 Å². The highest BCUT2D eigenvalue weighted by Crippen LogP contribution is 2.22. The van der Waals surface area contributed by atoms with Gasteiger partial charge in [0.2, 0.25) is 11.8 Å². The van der Waals surface area contributed by atoms with E-state index in [0.717, 1.165) is 62.6 Å². The summed E-state index contributed by atoms with van der Waals surface area (Å²) in [5.41, 5.74) is 2.98. The fourth-order valence-corrected chi connectivity index (χ4v) is 4.44. The van der Waals surface area contributed by atoms with Crippen LogP contribution in [0.5, 0.6) is 0 Å². The molecule has 0 spiro atoms. The van der Waals surface area contributed by atoms with Crippen LogP contribution in [0.1, 0.15) is 30.9 Å². The molecule has 2 aliphatic heterocycles. The predicted molar refractivity (Wildman–Crippen MR) is 131 cm³/mol. The van der Waals surface area contributed by atoms with Gasteiger partial charge in [0.25, 0.3) is 0 Å². The van der Waals surface area contributed by atoms with E-state index in [4.69, 9.17) is 4.74 Å². The number of morpholine rings is 1. The van der Waals surface area contributed by atoms with Crippen LogP contribution in [0, 0.1) is 0 Å². The van der Waals surface area contributed by atoms with Gasteiger partial charge in [0.1, 0.15) is 0 Å². The molecule has 174 valence electrons. The molecular formula is C27H33N3O3. The lowest BCUT2D eigenvalue weighted by atomic mass is 10.1. The van der Waals surface area contributed by atoms with Gasteiger partial charge in [-0.15, -0.1) is 0 Å². The van der Waals surface area contributed by atoms with E-state index in [-0.39, 0.29) is 17.9 Å². The summed E-state index contributed by atoms with van der Waals surface area (Å²) in [6, 6.07) is 18.0. The summed E-state index contributed by atoms with van der Waals surface area (Å²) < 4.78 is 5.46. The summed E-state index contributed by atoms with van der Waals surface area (Å²) in [4.78, 5) is 31.4. The van der Waals surface area contributed by atoms with Crippen molar-refractivity contribution >= 4 is 23.6 Å². The Morgan fingerprint density at radius 2 is 1.79 bits per heavy atom. The number of anilines is 1. The molecule has 0 N–H and O–H groups in total. The van der Waals surface area contributed by atoms with Crippen LogP contribution in [0.4, 0.5) is 5.69 Å². The molecule has 33 heavy (non-hydrogen) atoms. The minimum absolute atomic E-state index is 0.00147. The summed E-state index contributed by atoms with van der Waals surface area (Å²) in [7, 11) is 0. The number of hydrogen-bond donors (Lipinski definition) is 0. The molecule has 6 nitrogen and oxygen atoms in total. The third-order valence-corrected chi connectivity index (χ3v) is 6.33. The molecule has 2 saturated heterocycles. The predicted octanol–water partition coefficient (Wildman–Crippen LogP) is 3.58. The minimum Gasteiger partial charge on any atom is -0.379 e. The summed E-state index contributed by atoms with van der Waals surface area (Å²) in [5.74, 6) is 0.178. The third-order valence-electron chi connectivity index (χ3n) is 6.33. The fourth-order valence-electron chi connectivity index (χ4n) is 4.44. The Bertz CT molecular complexity index is 952. The second-order valence-corrected chi connectivity index (χ2v) is 8.79. The van der Waals surface area contributed by atoms with Crippen LogP contribution >= 0.6 is 0 Å². The van der Waals surface area contributed by atoms with Crippen molar-refractivity contribution in [1.82, 2.24) is 9.80 Å². The summed E-state index contributed by atoms with van der Waals surface area (Å²) in [6.45, 7) is 7.60. The number of ether oxygens (including phenoxy) is 1. The monoisotopic (exact) mass is 447 g/mol. The average Bonchev–Trinajstić information content (AvgIpc) is 3.28. The maximum atomic E-state index is 13.3. The summed E-state index contributed by atoms with van der Waals surface area (Å²) in [5, 5.41) is 0. The molecule has 2 amide bonds. The lowest BCUT2D eigenvalue weighted by molar-refractivity contribution is -0.129. The smallest absolute Gasteiger partial charge is 0.247 e. The third kappa shape index (κ3) is 6.30. The van der Waals surface area contributed by atoms with Gasteiger partial charge in [0.05, 0.1) is 13.2 Å². The lowest BCUT2D eigenvalue weighted by Gasteiger charge is -2.34. The van der Waals surface area contributed by atoms with Crippen LogP contribution in [0.2, 0.25) is 0 Å². The van der Waals surface area contributed by atoms with E-state index in [2.05, 4.69) is 24.0 Å². The standard InChI is InChI=1S/C27H33N3O3/c1-22(20-28-16-18-33-19-17-28)30(21-24-6-3-2-4-7-24)27(32)14-11-23-9-12-25(13-10-23)29-15-5-8-26(29)31/h2-4,6-7,9-14,22H,5,8,15-21H2,1H3/b14-11+. The molecule has 0 saturated carbocycles. The molecule has 2 fully saturated rings. The van der Waals surface area contributed by atoms with Crippen LogP contribution in [0.25, 0.3) is 6.08 Å². The van der Waals surface area contributed by atoms with Gasteiger partial charge in [-0.3, -0.25) is 14.5 Å². The number of nitrogens with zero attached hydrogens (tertiary/aromatic N) is 3. The van der Waals surface area contributed by atoms with E-state index >= 15 is 0 Å². The van der Waals surface area contributed by atoms with Crippen LogP contribution in [0.3, 0.4) is 0 Å². The molecule has 0 bridgehead atoms. The molecule has 2 aromatic rings. The molecular weight excluding hydrogens is 414 g/mol. The van der Waals surface area contributed by atoms with Crippen LogP contribution in [0.15, 0.2) is 60.7 Å². The second kappa shape index (κ2) is 11.3. The van der Waals surface area contributed by atoms with Gasteiger partial charge in [-0.05, 0) is 42.7 Å². The van der Waals surface area contributed by atoms with Crippen molar-refractivity contribution in [3.05, 3.63) is 71.8 Å². The van der Waals surface area contributed by atoms with Gasteiger partial charge in [-0.2, -0.15) is 0 Å². The van der Waals surface area contributed by atoms with E-state index in [9.17, 15) is 9.59 Å².